The van der Waals surface area contributed by atoms with Crippen LogP contribution in [0.25, 0.3) is 0 Å². The summed E-state index contributed by atoms with van der Waals surface area (Å²) in [6, 6.07) is -0.223. The molecular weight excluding hydrogens is 322 g/mol. The van der Waals surface area contributed by atoms with Gasteiger partial charge in [0.05, 0.1) is 19.9 Å². The predicted molar refractivity (Wildman–Crippen MR) is 90.7 cm³/mol. The molecule has 3 amide bonds. The molecule has 7 nitrogen and oxygen atoms in total. The molecule has 0 aromatic rings. The molecule has 25 heavy (non-hydrogen) atoms. The number of amides is 3. The number of nitrogens with zero attached hydrogens (tertiary/aromatic N) is 2. The summed E-state index contributed by atoms with van der Waals surface area (Å²) in [5.74, 6) is -0.442. The Hall–Kier alpha value is -1.18. The predicted octanol–water partition coefficient (Wildman–Crippen LogP) is 1.82. The fraction of sp³-hybridized carbons (Fsp3) is 0.889. The van der Waals surface area contributed by atoms with Crippen molar-refractivity contribution in [2.75, 3.05) is 33.0 Å². The SMILES string of the molecule is O=C1NC2(CCCCCCC2)C(=O)N1CN1CCC2(CC1)OCCO2. The molecule has 140 valence electrons. The molecule has 2 spiro atoms. The van der Waals surface area contributed by atoms with E-state index >= 15 is 0 Å². The Morgan fingerprint density at radius 3 is 2.12 bits per heavy atom. The van der Waals surface area contributed by atoms with Gasteiger partial charge in [-0.25, -0.2) is 9.69 Å². The van der Waals surface area contributed by atoms with Crippen molar-refractivity contribution in [3.8, 4) is 0 Å². The zero-order valence-electron chi connectivity index (χ0n) is 14.9. The normalized spacial score (nSPS) is 29.8. The number of urea groups is 1. The Morgan fingerprint density at radius 2 is 1.48 bits per heavy atom. The zero-order chi connectivity index (χ0) is 17.3. The van der Waals surface area contributed by atoms with Crippen molar-refractivity contribution >= 4 is 11.9 Å². The molecule has 4 fully saturated rings. The number of carbonyl (C=O) groups excluding carboxylic acids is 2. The minimum absolute atomic E-state index is 0.0203. The molecule has 0 atom stereocenters. The molecule has 4 aliphatic rings. The average molecular weight is 351 g/mol. The van der Waals surface area contributed by atoms with Crippen molar-refractivity contribution < 1.29 is 19.1 Å². The molecule has 0 radical (unpaired) electrons. The monoisotopic (exact) mass is 351 g/mol. The third-order valence-electron chi connectivity index (χ3n) is 6.23. The molecule has 1 N–H and O–H groups in total. The summed E-state index contributed by atoms with van der Waals surface area (Å²) < 4.78 is 11.5. The molecule has 0 unspecified atom stereocenters. The minimum atomic E-state index is -0.647. The molecule has 4 rings (SSSR count). The highest BCUT2D eigenvalue weighted by atomic mass is 16.7. The molecule has 3 heterocycles. The maximum atomic E-state index is 13.0. The lowest BCUT2D eigenvalue weighted by atomic mass is 9.84. The fourth-order valence-corrected chi connectivity index (χ4v) is 4.67. The summed E-state index contributed by atoms with van der Waals surface area (Å²) in [6.07, 6.45) is 8.71. The second kappa shape index (κ2) is 6.85. The van der Waals surface area contributed by atoms with Crippen LogP contribution < -0.4 is 5.32 Å². The van der Waals surface area contributed by atoms with E-state index in [1.807, 2.05) is 0 Å². The van der Waals surface area contributed by atoms with E-state index in [0.29, 0.717) is 19.9 Å². The van der Waals surface area contributed by atoms with Gasteiger partial charge in [-0.1, -0.05) is 32.1 Å². The number of ether oxygens (including phenoxy) is 2. The molecule has 1 aliphatic carbocycles. The summed E-state index contributed by atoms with van der Waals surface area (Å²) in [5, 5.41) is 3.04. The molecule has 3 saturated heterocycles. The standard InChI is InChI=1S/C18H29N3O4/c22-15-17(6-4-2-1-3-5-7-17)19-16(23)21(15)14-20-10-8-18(9-11-20)24-12-13-25-18/h1-14H2,(H,19,23). The van der Waals surface area contributed by atoms with Crippen LogP contribution >= 0.6 is 0 Å². The number of likely N-dealkylation sites (tertiary alicyclic amines) is 1. The number of rotatable bonds is 2. The summed E-state index contributed by atoms with van der Waals surface area (Å²) in [4.78, 5) is 29.1. The first kappa shape index (κ1) is 17.2. The lowest BCUT2D eigenvalue weighted by Gasteiger charge is -2.38. The smallest absolute Gasteiger partial charge is 0.326 e. The third kappa shape index (κ3) is 3.29. The van der Waals surface area contributed by atoms with Crippen molar-refractivity contribution in [1.29, 1.82) is 0 Å². The second-order valence-corrected chi connectivity index (χ2v) is 7.88. The molecule has 1 saturated carbocycles. The molecule has 0 aromatic heterocycles. The van der Waals surface area contributed by atoms with Crippen molar-refractivity contribution in [2.24, 2.45) is 0 Å². The van der Waals surface area contributed by atoms with E-state index in [1.54, 1.807) is 0 Å². The van der Waals surface area contributed by atoms with E-state index < -0.39 is 11.3 Å². The van der Waals surface area contributed by atoms with Gasteiger partial charge in [0.1, 0.15) is 5.54 Å². The zero-order valence-corrected chi connectivity index (χ0v) is 14.9. The Bertz CT molecular complexity index is 514. The molecular formula is C18H29N3O4. The van der Waals surface area contributed by atoms with E-state index in [1.165, 1.54) is 11.3 Å². The van der Waals surface area contributed by atoms with Crippen LogP contribution in [0, 0.1) is 0 Å². The Labute approximate surface area is 149 Å². The van der Waals surface area contributed by atoms with Gasteiger partial charge in [0.25, 0.3) is 5.91 Å². The van der Waals surface area contributed by atoms with Crippen LogP contribution in [0.4, 0.5) is 4.79 Å². The van der Waals surface area contributed by atoms with E-state index in [0.717, 1.165) is 64.5 Å². The van der Waals surface area contributed by atoms with Crippen LogP contribution in [0.2, 0.25) is 0 Å². The lowest BCUT2D eigenvalue weighted by Crippen LogP contribution is -2.51. The molecule has 0 aromatic carbocycles. The maximum absolute atomic E-state index is 13.0. The van der Waals surface area contributed by atoms with Crippen molar-refractivity contribution in [3.63, 3.8) is 0 Å². The van der Waals surface area contributed by atoms with E-state index in [2.05, 4.69) is 10.2 Å². The first-order valence-electron chi connectivity index (χ1n) is 9.77. The number of carbonyl (C=O) groups is 2. The largest absolute Gasteiger partial charge is 0.347 e. The van der Waals surface area contributed by atoms with Crippen LogP contribution in [-0.4, -0.2) is 66.0 Å². The van der Waals surface area contributed by atoms with Crippen molar-refractivity contribution in [1.82, 2.24) is 15.1 Å². The summed E-state index contributed by atoms with van der Waals surface area (Å²) in [6.45, 7) is 3.27. The van der Waals surface area contributed by atoms with Gasteiger partial charge in [-0.15, -0.1) is 0 Å². The van der Waals surface area contributed by atoms with Gasteiger partial charge in [-0.2, -0.15) is 0 Å². The maximum Gasteiger partial charge on any atom is 0.326 e. The van der Waals surface area contributed by atoms with Crippen LogP contribution in [0.1, 0.15) is 57.8 Å². The van der Waals surface area contributed by atoms with Gasteiger partial charge in [0.15, 0.2) is 5.79 Å². The minimum Gasteiger partial charge on any atom is -0.347 e. The lowest BCUT2D eigenvalue weighted by molar-refractivity contribution is -0.187. The van der Waals surface area contributed by atoms with Gasteiger partial charge in [0, 0.05) is 25.9 Å². The van der Waals surface area contributed by atoms with Crippen LogP contribution in [0.3, 0.4) is 0 Å². The van der Waals surface area contributed by atoms with E-state index in [-0.39, 0.29) is 11.9 Å². The number of hydrogen-bond acceptors (Lipinski definition) is 5. The third-order valence-corrected chi connectivity index (χ3v) is 6.23. The van der Waals surface area contributed by atoms with Crippen molar-refractivity contribution in [3.05, 3.63) is 0 Å². The summed E-state index contributed by atoms with van der Waals surface area (Å²) in [5.41, 5.74) is -0.647. The topological polar surface area (TPSA) is 71.1 Å². The Kier molecular flexibility index (Phi) is 4.73. The quantitative estimate of drug-likeness (QED) is 0.769. The Morgan fingerprint density at radius 1 is 0.880 bits per heavy atom. The highest BCUT2D eigenvalue weighted by Gasteiger charge is 2.51. The van der Waals surface area contributed by atoms with Crippen molar-refractivity contribution in [2.45, 2.75) is 69.1 Å². The number of imide groups is 1. The number of piperidine rings is 1. The van der Waals surface area contributed by atoms with Gasteiger partial charge < -0.3 is 14.8 Å². The van der Waals surface area contributed by atoms with Crippen LogP contribution in [0.15, 0.2) is 0 Å². The molecule has 0 bridgehead atoms. The van der Waals surface area contributed by atoms with Gasteiger partial charge in [-0.3, -0.25) is 9.69 Å². The number of nitrogens with one attached hydrogen (secondary N) is 1. The van der Waals surface area contributed by atoms with Gasteiger partial charge in [-0.05, 0) is 12.8 Å². The summed E-state index contributed by atoms with van der Waals surface area (Å²) in [7, 11) is 0. The second-order valence-electron chi connectivity index (χ2n) is 7.88. The van der Waals surface area contributed by atoms with E-state index in [9.17, 15) is 9.59 Å². The fourth-order valence-electron chi connectivity index (χ4n) is 4.67. The first-order chi connectivity index (χ1) is 12.1. The van der Waals surface area contributed by atoms with E-state index in [4.69, 9.17) is 9.47 Å². The van der Waals surface area contributed by atoms with Gasteiger partial charge in [0.2, 0.25) is 0 Å². The van der Waals surface area contributed by atoms with Crippen LogP contribution in [0.5, 0.6) is 0 Å². The van der Waals surface area contributed by atoms with Gasteiger partial charge >= 0.3 is 6.03 Å². The first-order valence-corrected chi connectivity index (χ1v) is 9.77. The average Bonchev–Trinajstić information content (AvgIpc) is 3.12. The number of hydrogen-bond donors (Lipinski definition) is 1. The highest BCUT2D eigenvalue weighted by Crippen LogP contribution is 2.34. The summed E-state index contributed by atoms with van der Waals surface area (Å²) >= 11 is 0. The Balaban J connectivity index is 1.37. The van der Waals surface area contributed by atoms with Crippen LogP contribution in [-0.2, 0) is 14.3 Å². The highest BCUT2D eigenvalue weighted by molar-refractivity contribution is 6.07. The molecule has 7 heteroatoms. The molecule has 3 aliphatic heterocycles.